The Morgan fingerprint density at radius 2 is 2.50 bits per heavy atom. The van der Waals surface area contributed by atoms with Crippen molar-refractivity contribution in [2.45, 2.75) is 11.9 Å². The third-order valence-electron chi connectivity index (χ3n) is 0.881. The molecule has 48 valence electrons. The van der Waals surface area contributed by atoms with Crippen molar-refractivity contribution in [3.63, 3.8) is 0 Å². The first-order valence-corrected chi connectivity index (χ1v) is 3.87. The Bertz CT molecular complexity index is 167. The quantitative estimate of drug-likeness (QED) is 0.301. The maximum Gasteiger partial charge on any atom is 1.00 e. The van der Waals surface area contributed by atoms with E-state index in [0.29, 0.717) is 0 Å². The van der Waals surface area contributed by atoms with E-state index in [2.05, 4.69) is 18.0 Å². The van der Waals surface area contributed by atoms with Crippen LogP contribution in [0.3, 0.4) is 0 Å². The molecule has 0 aliphatic carbocycles. The maximum atomic E-state index is 4.08. The first-order valence-electron chi connectivity index (χ1n) is 2.88. The molecule has 3 heteroatoms. The van der Waals surface area contributed by atoms with E-state index >= 15 is 0 Å². The topological polar surface area (TPSA) is 12.9 Å². The van der Waals surface area contributed by atoms with Crippen LogP contribution in [0, 0.1) is 6.07 Å². The number of hydrogen-bond donors (Lipinski definition) is 0. The Labute approximate surface area is 77.8 Å². The van der Waals surface area contributed by atoms with E-state index in [1.165, 1.54) is 0 Å². The SMILES string of the molecule is CCSc1cc[c-]cn1.[Li+]. The Kier molecular flexibility index (Phi) is 5.91. The molecule has 1 aromatic rings. The predicted molar refractivity (Wildman–Crippen MR) is 39.5 cm³/mol. The van der Waals surface area contributed by atoms with Gasteiger partial charge in [0.25, 0.3) is 0 Å². The van der Waals surface area contributed by atoms with Gasteiger partial charge in [-0.05, 0) is 5.75 Å². The minimum absolute atomic E-state index is 0. The summed E-state index contributed by atoms with van der Waals surface area (Å²) >= 11 is 1.74. The average Bonchev–Trinajstić information content (AvgIpc) is 1.91. The molecule has 0 atom stereocenters. The van der Waals surface area contributed by atoms with E-state index in [1.807, 2.05) is 12.1 Å². The van der Waals surface area contributed by atoms with Gasteiger partial charge in [-0.3, -0.25) is 4.98 Å². The van der Waals surface area contributed by atoms with Crippen molar-refractivity contribution >= 4 is 11.8 Å². The first kappa shape index (κ1) is 10.1. The largest absolute Gasteiger partial charge is 1.00 e. The summed E-state index contributed by atoms with van der Waals surface area (Å²) in [6.07, 6.45) is 1.69. The van der Waals surface area contributed by atoms with Crippen molar-refractivity contribution in [3.8, 4) is 0 Å². The summed E-state index contributed by atoms with van der Waals surface area (Å²) in [6.45, 7) is 2.11. The Balaban J connectivity index is 0.000000810. The summed E-state index contributed by atoms with van der Waals surface area (Å²) in [4.78, 5) is 4.08. The summed E-state index contributed by atoms with van der Waals surface area (Å²) in [7, 11) is 0. The van der Waals surface area contributed by atoms with Crippen LogP contribution in [-0.4, -0.2) is 10.7 Å². The van der Waals surface area contributed by atoms with E-state index in [-0.39, 0.29) is 18.9 Å². The second-order valence-corrected chi connectivity index (χ2v) is 2.81. The molecule has 1 heterocycles. The number of thioether (sulfide) groups is 1. The van der Waals surface area contributed by atoms with Crippen molar-refractivity contribution in [1.82, 2.24) is 4.98 Å². The number of aromatic nitrogens is 1. The Morgan fingerprint density at radius 3 is 3.00 bits per heavy atom. The zero-order valence-corrected chi connectivity index (χ0v) is 7.11. The molecule has 10 heavy (non-hydrogen) atoms. The molecule has 0 N–H and O–H groups in total. The Morgan fingerprint density at radius 1 is 1.70 bits per heavy atom. The van der Waals surface area contributed by atoms with E-state index in [4.69, 9.17) is 0 Å². The molecule has 0 amide bonds. The van der Waals surface area contributed by atoms with E-state index in [1.54, 1.807) is 18.0 Å². The molecule has 0 aliphatic heterocycles. The smallest absolute Gasteiger partial charge is 0.290 e. The van der Waals surface area contributed by atoms with Gasteiger partial charge in [0.15, 0.2) is 0 Å². The van der Waals surface area contributed by atoms with Gasteiger partial charge in [-0.15, -0.1) is 11.8 Å². The van der Waals surface area contributed by atoms with Gasteiger partial charge in [-0.25, -0.2) is 12.1 Å². The molecular weight excluding hydrogens is 137 g/mol. The van der Waals surface area contributed by atoms with Crippen LogP contribution in [0.2, 0.25) is 0 Å². The van der Waals surface area contributed by atoms with Gasteiger partial charge < -0.3 is 0 Å². The van der Waals surface area contributed by atoms with E-state index in [9.17, 15) is 0 Å². The number of nitrogens with zero attached hydrogens (tertiary/aromatic N) is 1. The van der Waals surface area contributed by atoms with Crippen LogP contribution in [0.15, 0.2) is 23.4 Å². The third-order valence-corrected chi connectivity index (χ3v) is 1.71. The summed E-state index contributed by atoms with van der Waals surface area (Å²) in [5, 5.41) is 1.08. The fourth-order valence-corrected chi connectivity index (χ4v) is 1.13. The molecule has 0 aliphatic rings. The summed E-state index contributed by atoms with van der Waals surface area (Å²) in [5.41, 5.74) is 0. The zero-order valence-electron chi connectivity index (χ0n) is 6.29. The van der Waals surface area contributed by atoms with Crippen LogP contribution in [-0.2, 0) is 0 Å². The van der Waals surface area contributed by atoms with Gasteiger partial charge in [0.05, 0.1) is 0 Å². The van der Waals surface area contributed by atoms with Gasteiger partial charge in [-0.1, -0.05) is 13.1 Å². The van der Waals surface area contributed by atoms with Crippen LogP contribution in [0.5, 0.6) is 0 Å². The standard InChI is InChI=1S/C7H8NS.Li/c1-2-9-7-5-3-4-6-8-7;/h3,5-6H,2H2,1H3;/q-1;+1. The molecule has 1 rings (SSSR count). The molecular formula is C7H8LiNS. The number of hydrogen-bond acceptors (Lipinski definition) is 2. The second-order valence-electron chi connectivity index (χ2n) is 1.53. The fourth-order valence-electron chi connectivity index (χ4n) is 0.540. The predicted octanol–water partition coefficient (Wildman–Crippen LogP) is -1.00. The van der Waals surface area contributed by atoms with Crippen LogP contribution in [0.25, 0.3) is 0 Å². The Hall–Kier alpha value is 0.0974. The number of rotatable bonds is 2. The van der Waals surface area contributed by atoms with E-state index < -0.39 is 0 Å². The van der Waals surface area contributed by atoms with Gasteiger partial charge in [0.1, 0.15) is 0 Å². The molecule has 0 radical (unpaired) electrons. The molecule has 0 unspecified atom stereocenters. The molecule has 0 aromatic carbocycles. The van der Waals surface area contributed by atoms with Gasteiger partial charge in [0.2, 0.25) is 0 Å². The molecule has 0 saturated heterocycles. The normalized spacial score (nSPS) is 8.50. The van der Waals surface area contributed by atoms with Crippen molar-refractivity contribution in [2.24, 2.45) is 0 Å². The monoisotopic (exact) mass is 145 g/mol. The summed E-state index contributed by atoms with van der Waals surface area (Å²) in [6, 6.07) is 6.71. The van der Waals surface area contributed by atoms with E-state index in [0.717, 1.165) is 10.8 Å². The fraction of sp³-hybridized carbons (Fsp3) is 0.286. The van der Waals surface area contributed by atoms with Crippen LogP contribution >= 0.6 is 11.8 Å². The summed E-state index contributed by atoms with van der Waals surface area (Å²) in [5.74, 6) is 1.08. The average molecular weight is 145 g/mol. The molecule has 0 spiro atoms. The van der Waals surface area contributed by atoms with Crippen LogP contribution in [0.4, 0.5) is 0 Å². The van der Waals surface area contributed by atoms with Crippen LogP contribution in [0.1, 0.15) is 6.92 Å². The van der Waals surface area contributed by atoms with Gasteiger partial charge in [0, 0.05) is 5.03 Å². The molecule has 0 fully saturated rings. The van der Waals surface area contributed by atoms with Gasteiger partial charge >= 0.3 is 18.9 Å². The maximum absolute atomic E-state index is 4.08. The van der Waals surface area contributed by atoms with Gasteiger partial charge in [-0.2, -0.15) is 6.07 Å². The van der Waals surface area contributed by atoms with Crippen LogP contribution < -0.4 is 18.9 Å². The summed E-state index contributed by atoms with van der Waals surface area (Å²) < 4.78 is 0. The first-order chi connectivity index (χ1) is 4.43. The minimum Gasteiger partial charge on any atom is -0.290 e. The zero-order chi connectivity index (χ0) is 6.53. The van der Waals surface area contributed by atoms with Crippen molar-refractivity contribution in [1.29, 1.82) is 0 Å². The van der Waals surface area contributed by atoms with Crippen molar-refractivity contribution < 1.29 is 18.9 Å². The number of pyridine rings is 1. The van der Waals surface area contributed by atoms with Crippen molar-refractivity contribution in [3.05, 3.63) is 24.4 Å². The molecule has 1 nitrogen and oxygen atoms in total. The third kappa shape index (κ3) is 3.31. The van der Waals surface area contributed by atoms with Crippen molar-refractivity contribution in [2.75, 3.05) is 5.75 Å². The molecule has 0 bridgehead atoms. The molecule has 1 aromatic heterocycles. The molecule has 0 saturated carbocycles. The minimum atomic E-state index is 0. The second kappa shape index (κ2) is 5.85.